The predicted octanol–water partition coefficient (Wildman–Crippen LogP) is 4.85. The Morgan fingerprint density at radius 2 is 1.53 bits per heavy atom. The van der Waals surface area contributed by atoms with Crippen LogP contribution in [0.2, 0.25) is 0 Å². The van der Waals surface area contributed by atoms with Crippen LogP contribution in [0.3, 0.4) is 0 Å². The van der Waals surface area contributed by atoms with E-state index in [9.17, 15) is 21.6 Å². The molecule has 0 N–H and O–H groups in total. The topological polar surface area (TPSA) is 71.1 Å². The Bertz CT molecular complexity index is 1340. The molecule has 3 aromatic carbocycles. The number of ether oxygens (including phenoxy) is 3. The fourth-order valence-corrected chi connectivity index (χ4v) is 4.52. The van der Waals surface area contributed by atoms with Crippen molar-refractivity contribution < 1.29 is 40.0 Å². The zero-order valence-corrected chi connectivity index (χ0v) is 17.3. The molecule has 0 aliphatic carbocycles. The van der Waals surface area contributed by atoms with Crippen LogP contribution in [-0.2, 0) is 27.1 Å². The molecule has 2 aliphatic heterocycles. The summed E-state index contributed by atoms with van der Waals surface area (Å²) in [5, 5.41) is 0. The minimum Gasteiger partial charge on any atom is -0.497 e. The SMILES string of the molecule is COc1ccc2c(c1)Oc1cc(OS(=O)(=O)C(F)(F)F)ccc1C21OCc2ccccc21. The van der Waals surface area contributed by atoms with Gasteiger partial charge >= 0.3 is 15.6 Å². The molecule has 6 nitrogen and oxygen atoms in total. The van der Waals surface area contributed by atoms with Gasteiger partial charge in [0.25, 0.3) is 0 Å². The van der Waals surface area contributed by atoms with Crippen LogP contribution in [0, 0.1) is 0 Å². The molecular formula is C22H15F3O6S. The van der Waals surface area contributed by atoms with Crippen molar-refractivity contribution >= 4 is 10.1 Å². The highest BCUT2D eigenvalue weighted by Gasteiger charge is 2.51. The van der Waals surface area contributed by atoms with Crippen LogP contribution in [0.4, 0.5) is 13.2 Å². The summed E-state index contributed by atoms with van der Waals surface area (Å²) in [7, 11) is -4.34. The molecular weight excluding hydrogens is 449 g/mol. The maximum atomic E-state index is 12.8. The van der Waals surface area contributed by atoms with E-state index in [2.05, 4.69) is 4.18 Å². The molecule has 0 saturated carbocycles. The van der Waals surface area contributed by atoms with Gasteiger partial charge in [-0.2, -0.15) is 21.6 Å². The van der Waals surface area contributed by atoms with Gasteiger partial charge < -0.3 is 18.4 Å². The molecule has 0 fully saturated rings. The second kappa shape index (κ2) is 6.88. The maximum absolute atomic E-state index is 12.8. The molecule has 32 heavy (non-hydrogen) atoms. The van der Waals surface area contributed by atoms with Crippen molar-refractivity contribution in [2.75, 3.05) is 7.11 Å². The second-order valence-electron chi connectivity index (χ2n) is 7.23. The zero-order chi connectivity index (χ0) is 22.7. The van der Waals surface area contributed by atoms with E-state index in [1.165, 1.54) is 13.2 Å². The number of benzene rings is 3. The van der Waals surface area contributed by atoms with Crippen LogP contribution >= 0.6 is 0 Å². The standard InChI is InChI=1S/C22H15F3O6S/c1-28-14-6-8-17-19(10-14)30-20-11-15(31-32(26,27)22(23,24)25)7-9-18(20)21(17)16-5-3-2-4-13(16)12-29-21/h2-11H,12H2,1H3. The third-order valence-electron chi connectivity index (χ3n) is 5.45. The smallest absolute Gasteiger partial charge is 0.497 e. The molecule has 5 rings (SSSR count). The van der Waals surface area contributed by atoms with Crippen LogP contribution in [0.25, 0.3) is 0 Å². The van der Waals surface area contributed by atoms with Gasteiger partial charge in [0.05, 0.1) is 13.7 Å². The van der Waals surface area contributed by atoms with Gasteiger partial charge in [-0.15, -0.1) is 0 Å². The van der Waals surface area contributed by atoms with Crippen LogP contribution in [0.1, 0.15) is 22.3 Å². The molecule has 2 heterocycles. The lowest BCUT2D eigenvalue weighted by molar-refractivity contribution is -0.0500. The Morgan fingerprint density at radius 3 is 2.19 bits per heavy atom. The van der Waals surface area contributed by atoms with Crippen molar-refractivity contribution in [2.24, 2.45) is 0 Å². The number of hydrogen-bond donors (Lipinski definition) is 0. The van der Waals surface area contributed by atoms with Crippen LogP contribution in [0.5, 0.6) is 23.0 Å². The molecule has 10 heteroatoms. The molecule has 1 atom stereocenters. The number of hydrogen-bond acceptors (Lipinski definition) is 6. The van der Waals surface area contributed by atoms with Gasteiger partial charge in [-0.25, -0.2) is 0 Å². The highest BCUT2D eigenvalue weighted by Crippen LogP contribution is 2.57. The van der Waals surface area contributed by atoms with E-state index >= 15 is 0 Å². The molecule has 1 spiro atoms. The Balaban J connectivity index is 1.70. The Morgan fingerprint density at radius 1 is 0.906 bits per heavy atom. The lowest BCUT2D eigenvalue weighted by atomic mass is 9.77. The molecule has 0 aromatic heterocycles. The van der Waals surface area contributed by atoms with Crippen molar-refractivity contribution in [1.29, 1.82) is 0 Å². The quantitative estimate of drug-likeness (QED) is 0.408. The number of halogens is 3. The van der Waals surface area contributed by atoms with E-state index in [0.29, 0.717) is 29.2 Å². The van der Waals surface area contributed by atoms with Gasteiger partial charge in [-0.3, -0.25) is 0 Å². The third-order valence-corrected chi connectivity index (χ3v) is 6.43. The van der Waals surface area contributed by atoms with E-state index < -0.39 is 27.0 Å². The van der Waals surface area contributed by atoms with E-state index in [0.717, 1.165) is 23.3 Å². The minimum absolute atomic E-state index is 0.109. The Kier molecular flexibility index (Phi) is 4.44. The Hall–Kier alpha value is -3.24. The fraction of sp³-hybridized carbons (Fsp3) is 0.182. The van der Waals surface area contributed by atoms with Crippen LogP contribution in [0.15, 0.2) is 60.7 Å². The lowest BCUT2D eigenvalue weighted by Crippen LogP contribution is -2.32. The molecule has 3 aromatic rings. The average molecular weight is 464 g/mol. The fourth-order valence-electron chi connectivity index (χ4n) is 4.07. The summed E-state index contributed by atoms with van der Waals surface area (Å²) < 4.78 is 83.0. The lowest BCUT2D eigenvalue weighted by Gasteiger charge is -2.37. The normalized spacial score (nSPS) is 19.0. The van der Waals surface area contributed by atoms with Gasteiger partial charge in [0.2, 0.25) is 0 Å². The van der Waals surface area contributed by atoms with Crippen molar-refractivity contribution in [2.45, 2.75) is 17.7 Å². The first kappa shape index (κ1) is 20.7. The van der Waals surface area contributed by atoms with Crippen molar-refractivity contribution in [3.63, 3.8) is 0 Å². The average Bonchev–Trinajstić information content (AvgIpc) is 3.12. The van der Waals surface area contributed by atoms with Gasteiger partial charge in [-0.1, -0.05) is 24.3 Å². The van der Waals surface area contributed by atoms with E-state index in [1.54, 1.807) is 18.2 Å². The number of methoxy groups -OCH3 is 1. The molecule has 0 bridgehead atoms. The first-order chi connectivity index (χ1) is 15.2. The van der Waals surface area contributed by atoms with Crippen molar-refractivity contribution in [1.82, 2.24) is 0 Å². The van der Waals surface area contributed by atoms with E-state index in [4.69, 9.17) is 14.2 Å². The van der Waals surface area contributed by atoms with Gasteiger partial charge in [-0.05, 0) is 35.4 Å². The largest absolute Gasteiger partial charge is 0.534 e. The highest BCUT2D eigenvalue weighted by atomic mass is 32.2. The maximum Gasteiger partial charge on any atom is 0.534 e. The summed E-state index contributed by atoms with van der Waals surface area (Å²) >= 11 is 0. The summed E-state index contributed by atoms with van der Waals surface area (Å²) in [5.41, 5.74) is -3.65. The zero-order valence-electron chi connectivity index (χ0n) is 16.5. The summed E-state index contributed by atoms with van der Waals surface area (Å²) in [6, 6.07) is 16.5. The van der Waals surface area contributed by atoms with Gasteiger partial charge in [0, 0.05) is 23.3 Å². The summed E-state index contributed by atoms with van der Waals surface area (Å²) in [6.07, 6.45) is 0. The summed E-state index contributed by atoms with van der Waals surface area (Å²) in [4.78, 5) is 0. The molecule has 0 saturated heterocycles. The van der Waals surface area contributed by atoms with Crippen LogP contribution < -0.4 is 13.7 Å². The van der Waals surface area contributed by atoms with Gasteiger partial charge in [0.1, 0.15) is 23.0 Å². The monoisotopic (exact) mass is 464 g/mol. The van der Waals surface area contributed by atoms with Gasteiger partial charge in [0.15, 0.2) is 5.60 Å². The second-order valence-corrected chi connectivity index (χ2v) is 8.77. The Labute approximate surface area is 181 Å². The molecule has 166 valence electrons. The highest BCUT2D eigenvalue weighted by molar-refractivity contribution is 7.88. The van der Waals surface area contributed by atoms with E-state index in [1.807, 2.05) is 24.3 Å². The number of rotatable bonds is 3. The van der Waals surface area contributed by atoms with Crippen LogP contribution in [-0.4, -0.2) is 21.0 Å². The third kappa shape index (κ3) is 2.94. The molecule has 1 unspecified atom stereocenters. The predicted molar refractivity (Wildman–Crippen MR) is 106 cm³/mol. The number of fused-ring (bicyclic) bond motifs is 6. The first-order valence-corrected chi connectivity index (χ1v) is 10.8. The molecule has 0 amide bonds. The number of alkyl halides is 3. The van der Waals surface area contributed by atoms with Crippen molar-refractivity contribution in [3.8, 4) is 23.0 Å². The summed E-state index contributed by atoms with van der Waals surface area (Å²) in [6.45, 7) is 0.307. The summed E-state index contributed by atoms with van der Waals surface area (Å²) in [5.74, 6) is 0.441. The first-order valence-electron chi connectivity index (χ1n) is 9.40. The van der Waals surface area contributed by atoms with Crippen molar-refractivity contribution in [3.05, 3.63) is 82.9 Å². The minimum atomic E-state index is -5.83. The molecule has 2 aliphatic rings. The van der Waals surface area contributed by atoms with E-state index in [-0.39, 0.29) is 5.75 Å². The molecule has 0 radical (unpaired) electrons.